The molecule has 2 heterocycles. The highest BCUT2D eigenvalue weighted by atomic mass is 15.1. The zero-order chi connectivity index (χ0) is 70.9. The molecule has 18 aromatic rings. The van der Waals surface area contributed by atoms with Crippen molar-refractivity contribution in [3.05, 3.63) is 410 Å². The maximum absolute atomic E-state index is 8.45. The van der Waals surface area contributed by atoms with Crippen LogP contribution in [0.1, 0.15) is 23.6 Å². The molecule has 0 radical (unpaired) electrons. The molecule has 0 amide bonds. The molecule has 0 aliphatic rings. The van der Waals surface area contributed by atoms with Gasteiger partial charge < -0.3 is 18.9 Å². The van der Waals surface area contributed by atoms with Gasteiger partial charge in [0, 0.05) is 67.0 Å². The first-order valence-electron chi connectivity index (χ1n) is 36.3. The van der Waals surface area contributed by atoms with Crippen LogP contribution in [0.25, 0.3) is 122 Å². The van der Waals surface area contributed by atoms with Gasteiger partial charge in [0.25, 0.3) is 0 Å². The minimum atomic E-state index is 0.512. The van der Waals surface area contributed by atoms with Gasteiger partial charge in [-0.15, -0.1) is 0 Å². The van der Waals surface area contributed by atoms with Gasteiger partial charge in [-0.25, -0.2) is 0 Å². The maximum atomic E-state index is 8.45. The lowest BCUT2D eigenvalue weighted by molar-refractivity contribution is 1.18. The number of hydrogen-bond donors (Lipinski definition) is 0. The summed E-state index contributed by atoms with van der Waals surface area (Å²) in [5, 5.41) is 4.75. The Morgan fingerprint density at radius 1 is 0.192 bits per heavy atom. The number of aromatic nitrogens is 2. The van der Waals surface area contributed by atoms with Gasteiger partial charge in [0.05, 0.1) is 23.4 Å². The van der Waals surface area contributed by atoms with Gasteiger partial charge in [0.1, 0.15) is 0 Å². The van der Waals surface area contributed by atoms with Crippen LogP contribution in [0.2, 0.25) is 0 Å². The molecule has 2 aromatic heterocycles. The Morgan fingerprint density at radius 2 is 0.423 bits per heavy atom. The lowest BCUT2D eigenvalue weighted by Gasteiger charge is -2.25. The normalized spacial score (nSPS) is 11.4. The van der Waals surface area contributed by atoms with Crippen molar-refractivity contribution in [3.63, 3.8) is 0 Å². The first-order valence-corrected chi connectivity index (χ1v) is 35.8. The number of nitrogens with zero attached hydrogens (tertiary/aromatic N) is 4. The van der Waals surface area contributed by atoms with Crippen molar-refractivity contribution in [2.75, 3.05) is 9.80 Å². The molecule has 0 N–H and O–H groups in total. The van der Waals surface area contributed by atoms with Crippen molar-refractivity contribution >= 4 is 77.7 Å². The molecule has 16 aromatic carbocycles. The molecule has 0 bridgehead atoms. The molecule has 0 aliphatic carbocycles. The van der Waals surface area contributed by atoms with E-state index in [1.54, 1.807) is 0 Å². The average Bonchev–Trinajstić information content (AvgIpc) is 1.59. The van der Waals surface area contributed by atoms with Crippen LogP contribution in [0.3, 0.4) is 0 Å². The number of aryl methyl sites for hydroxylation is 4. The van der Waals surface area contributed by atoms with Crippen molar-refractivity contribution in [2.45, 2.75) is 27.7 Å². The molecule has 0 aliphatic heterocycles. The van der Waals surface area contributed by atoms with Gasteiger partial charge in [-0.05, 0) is 228 Å². The number of anilines is 6. The smallest absolute Gasteiger partial charge is 0.0623 e. The van der Waals surface area contributed by atoms with E-state index >= 15 is 0 Å². The highest BCUT2D eigenvalue weighted by molar-refractivity contribution is 6.12. The van der Waals surface area contributed by atoms with Crippen molar-refractivity contribution in [2.24, 2.45) is 0 Å². The van der Waals surface area contributed by atoms with Crippen LogP contribution < -0.4 is 9.80 Å². The monoisotopic (exact) mass is 1330 g/mol. The summed E-state index contributed by atoms with van der Waals surface area (Å²) in [6.45, 7) is 8.49. The summed E-state index contributed by atoms with van der Waals surface area (Å²) in [5.41, 5.74) is 33.1. The lowest BCUT2D eigenvalue weighted by atomic mass is 9.99. The summed E-state index contributed by atoms with van der Waals surface area (Å²) >= 11 is 0. The summed E-state index contributed by atoms with van der Waals surface area (Å²) in [5.74, 6) is 0. The van der Waals surface area contributed by atoms with Gasteiger partial charge in [-0.2, -0.15) is 0 Å². The van der Waals surface area contributed by atoms with Crippen LogP contribution in [0.4, 0.5) is 34.1 Å². The SMILES string of the molecule is Cc1ccc(-c2ccc(-n3c4ccccc4c4cc(-c5ccc(-c6ccc(N(c7ccccc7)c7ccc(C)cc7)cc6)cc5)ccc43)cc2)cc1.[2H]c1ccc2c(c1)c1cc(-c3ccc(-c4ccc(N(c5ccccc5)c5ccc(C)cc5)cc4)cc3)ccc1n2-c1ccc(-c2ccc(C)cc2)cc1. The van der Waals surface area contributed by atoms with E-state index in [1.807, 2.05) is 12.1 Å². The maximum Gasteiger partial charge on any atom is 0.0623 e. The molecule has 104 heavy (non-hydrogen) atoms. The number of rotatable bonds is 14. The second-order valence-corrected chi connectivity index (χ2v) is 27.2. The third-order valence-corrected chi connectivity index (χ3v) is 20.3. The predicted octanol–water partition coefficient (Wildman–Crippen LogP) is 27.7. The van der Waals surface area contributed by atoms with E-state index in [2.05, 4.69) is 417 Å². The van der Waals surface area contributed by atoms with Gasteiger partial charge in [-0.1, -0.05) is 277 Å². The highest BCUT2D eigenvalue weighted by Crippen LogP contribution is 2.42. The number of fused-ring (bicyclic) bond motifs is 6. The summed E-state index contributed by atoms with van der Waals surface area (Å²) in [7, 11) is 0. The Labute approximate surface area is 610 Å². The van der Waals surface area contributed by atoms with E-state index in [0.29, 0.717) is 6.04 Å². The van der Waals surface area contributed by atoms with Crippen molar-refractivity contribution in [1.82, 2.24) is 9.13 Å². The predicted molar refractivity (Wildman–Crippen MR) is 442 cm³/mol. The molecule has 0 atom stereocenters. The number of benzene rings is 16. The van der Waals surface area contributed by atoms with Crippen LogP contribution in [-0.4, -0.2) is 9.13 Å². The molecule has 0 saturated heterocycles. The van der Waals surface area contributed by atoms with E-state index in [0.717, 1.165) is 78.4 Å². The average molecular weight is 1330 g/mol. The first kappa shape index (κ1) is 62.9. The second-order valence-electron chi connectivity index (χ2n) is 27.2. The Kier molecular flexibility index (Phi) is 17.0. The van der Waals surface area contributed by atoms with Gasteiger partial charge in [0.2, 0.25) is 0 Å². The molecule has 0 spiro atoms. The standard InChI is InChI=1S/2C50H38N2/c2*1-35-12-16-37(17-13-35)39-24-31-46(32-25-39)52-49-11-7-6-10-47(49)48-34-42(26-33-50(48)52)41-20-18-38(19-21-41)40-22-29-45(30-23-40)51(43-8-4-3-5-9-43)44-27-14-36(2)15-28-44/h2*3-34H,1-2H3/i6D;. The molecule has 18 rings (SSSR count). The van der Waals surface area contributed by atoms with Crippen LogP contribution in [0.5, 0.6) is 0 Å². The van der Waals surface area contributed by atoms with Crippen molar-refractivity contribution < 1.29 is 1.37 Å². The zero-order valence-corrected chi connectivity index (χ0v) is 58.7. The molecular weight excluding hydrogens is 1260 g/mol. The number of hydrogen-bond acceptors (Lipinski definition) is 2. The molecule has 4 heteroatoms. The topological polar surface area (TPSA) is 16.3 Å². The van der Waals surface area contributed by atoms with E-state index in [1.165, 1.54) is 99.7 Å². The number of para-hydroxylation sites is 4. The Balaban J connectivity index is 0.000000155. The van der Waals surface area contributed by atoms with Crippen LogP contribution in [0, 0.1) is 27.7 Å². The van der Waals surface area contributed by atoms with Crippen molar-refractivity contribution in [3.8, 4) is 78.1 Å². The molecule has 0 unspecified atom stereocenters. The molecule has 0 fully saturated rings. The molecule has 4 nitrogen and oxygen atoms in total. The lowest BCUT2D eigenvalue weighted by Crippen LogP contribution is -2.09. The van der Waals surface area contributed by atoms with E-state index < -0.39 is 0 Å². The fourth-order valence-electron chi connectivity index (χ4n) is 14.6. The highest BCUT2D eigenvalue weighted by Gasteiger charge is 2.19. The fraction of sp³-hybridized carbons (Fsp3) is 0.0400. The van der Waals surface area contributed by atoms with Crippen LogP contribution in [0.15, 0.2) is 388 Å². The molecule has 496 valence electrons. The fourth-order valence-corrected chi connectivity index (χ4v) is 14.6. The third-order valence-electron chi connectivity index (χ3n) is 20.3. The minimum absolute atomic E-state index is 0.512. The third kappa shape index (κ3) is 12.8. The van der Waals surface area contributed by atoms with Crippen molar-refractivity contribution in [1.29, 1.82) is 0 Å². The van der Waals surface area contributed by atoms with Gasteiger partial charge >= 0.3 is 0 Å². The first-order chi connectivity index (χ1) is 51.6. The van der Waals surface area contributed by atoms with E-state index in [-0.39, 0.29) is 0 Å². The molecule has 0 saturated carbocycles. The van der Waals surface area contributed by atoms with Crippen LogP contribution in [-0.2, 0) is 0 Å². The van der Waals surface area contributed by atoms with E-state index in [4.69, 9.17) is 1.37 Å². The van der Waals surface area contributed by atoms with Gasteiger partial charge in [-0.3, -0.25) is 0 Å². The quantitative estimate of drug-likeness (QED) is 0.108. The summed E-state index contributed by atoms with van der Waals surface area (Å²) in [6, 6.07) is 138. The summed E-state index contributed by atoms with van der Waals surface area (Å²) in [6.07, 6.45) is 0. The minimum Gasteiger partial charge on any atom is -0.311 e. The molecular formula is C100H76N4. The van der Waals surface area contributed by atoms with Crippen LogP contribution >= 0.6 is 0 Å². The zero-order valence-electron chi connectivity index (χ0n) is 59.7. The second kappa shape index (κ2) is 28.0. The Hall–Kier alpha value is -13.3. The summed E-state index contributed by atoms with van der Waals surface area (Å²) in [4.78, 5) is 4.60. The summed E-state index contributed by atoms with van der Waals surface area (Å²) < 4.78 is 13.2. The van der Waals surface area contributed by atoms with E-state index in [9.17, 15) is 0 Å². The Bertz CT molecular complexity index is 6090. The van der Waals surface area contributed by atoms with Gasteiger partial charge in [0.15, 0.2) is 0 Å². The largest absolute Gasteiger partial charge is 0.311 e. The Morgan fingerprint density at radius 3 is 0.779 bits per heavy atom.